The Bertz CT molecular complexity index is 704. The van der Waals surface area contributed by atoms with E-state index < -0.39 is 5.97 Å². The fraction of sp³-hybridized carbons (Fsp3) is 0.0667. The Labute approximate surface area is 141 Å². The number of carboxylic acids is 1. The van der Waals surface area contributed by atoms with Crippen LogP contribution in [0.4, 0.5) is 5.69 Å². The second kappa shape index (κ2) is 7.54. The number of nitrogens with one attached hydrogen (secondary N) is 1. The van der Waals surface area contributed by atoms with Crippen molar-refractivity contribution < 1.29 is 14.7 Å². The zero-order valence-corrected chi connectivity index (χ0v) is 13.5. The van der Waals surface area contributed by atoms with Crippen LogP contribution in [-0.4, -0.2) is 22.7 Å². The van der Waals surface area contributed by atoms with Gasteiger partial charge in [0, 0.05) is 9.92 Å². The minimum atomic E-state index is -1.08. The fourth-order valence-electron chi connectivity index (χ4n) is 1.62. The third-order valence-corrected chi connectivity index (χ3v) is 4.26. The largest absolute Gasteiger partial charge is 0.478 e. The minimum absolute atomic E-state index is 0.0602. The lowest BCUT2D eigenvalue weighted by Gasteiger charge is -2.08. The van der Waals surface area contributed by atoms with Crippen molar-refractivity contribution in [2.45, 2.75) is 4.90 Å². The standard InChI is InChI=1S/C15H11Cl2NO3S/c16-10-2-4-11(5-3-10)22-8-14(19)18-13-7-9(15(20)21)1-6-12(13)17/h1-7H,8H2,(H,18,19)(H,20,21). The van der Waals surface area contributed by atoms with Crippen LogP contribution >= 0.6 is 35.0 Å². The molecule has 0 aliphatic carbocycles. The number of rotatable bonds is 5. The van der Waals surface area contributed by atoms with Gasteiger partial charge < -0.3 is 10.4 Å². The first-order valence-corrected chi connectivity index (χ1v) is 7.91. The van der Waals surface area contributed by atoms with Crippen molar-refractivity contribution in [1.29, 1.82) is 0 Å². The molecule has 0 aliphatic heterocycles. The molecule has 0 spiro atoms. The van der Waals surface area contributed by atoms with Gasteiger partial charge in [-0.25, -0.2) is 4.79 Å². The van der Waals surface area contributed by atoms with Crippen LogP contribution < -0.4 is 5.32 Å². The maximum atomic E-state index is 11.9. The number of amides is 1. The van der Waals surface area contributed by atoms with Crippen molar-refractivity contribution in [3.63, 3.8) is 0 Å². The van der Waals surface area contributed by atoms with Gasteiger partial charge in [-0.15, -0.1) is 11.8 Å². The Morgan fingerprint density at radius 1 is 1.09 bits per heavy atom. The first-order valence-electron chi connectivity index (χ1n) is 6.17. The van der Waals surface area contributed by atoms with Crippen LogP contribution in [0.1, 0.15) is 10.4 Å². The van der Waals surface area contributed by atoms with E-state index >= 15 is 0 Å². The molecule has 0 radical (unpaired) electrons. The highest BCUT2D eigenvalue weighted by Gasteiger charge is 2.10. The number of carbonyl (C=O) groups is 2. The second-order valence-electron chi connectivity index (χ2n) is 4.29. The number of hydrogen-bond acceptors (Lipinski definition) is 3. The summed E-state index contributed by atoms with van der Waals surface area (Å²) in [6.07, 6.45) is 0. The molecular weight excluding hydrogens is 345 g/mol. The maximum absolute atomic E-state index is 11.9. The second-order valence-corrected chi connectivity index (χ2v) is 6.18. The van der Waals surface area contributed by atoms with E-state index in [-0.39, 0.29) is 27.9 Å². The molecule has 0 heterocycles. The molecule has 0 saturated carbocycles. The number of carboxylic acid groups (broad SMARTS) is 1. The third-order valence-electron chi connectivity index (χ3n) is 2.67. The number of halogens is 2. The van der Waals surface area contributed by atoms with E-state index in [4.69, 9.17) is 28.3 Å². The molecule has 114 valence electrons. The number of hydrogen-bond donors (Lipinski definition) is 2. The summed E-state index contributed by atoms with van der Waals surface area (Å²) in [6.45, 7) is 0. The van der Waals surface area contributed by atoms with Gasteiger partial charge in [0.2, 0.25) is 5.91 Å². The zero-order valence-electron chi connectivity index (χ0n) is 11.2. The molecule has 2 rings (SSSR count). The van der Waals surface area contributed by atoms with Crippen LogP contribution in [0, 0.1) is 0 Å². The highest BCUT2D eigenvalue weighted by atomic mass is 35.5. The molecule has 0 aromatic heterocycles. The number of aromatic carboxylic acids is 1. The third kappa shape index (κ3) is 4.66. The van der Waals surface area contributed by atoms with Crippen LogP contribution in [-0.2, 0) is 4.79 Å². The molecular formula is C15H11Cl2NO3S. The van der Waals surface area contributed by atoms with Crippen LogP contribution in [0.5, 0.6) is 0 Å². The smallest absolute Gasteiger partial charge is 0.335 e. The van der Waals surface area contributed by atoms with Gasteiger partial charge in [0.1, 0.15) is 0 Å². The van der Waals surface area contributed by atoms with Crippen molar-refractivity contribution in [3.05, 3.63) is 58.1 Å². The topological polar surface area (TPSA) is 66.4 Å². The molecule has 1 amide bonds. The SMILES string of the molecule is O=C(CSc1ccc(Cl)cc1)Nc1cc(C(=O)O)ccc1Cl. The Morgan fingerprint density at radius 3 is 2.41 bits per heavy atom. The van der Waals surface area contributed by atoms with E-state index in [0.717, 1.165) is 4.90 Å². The maximum Gasteiger partial charge on any atom is 0.335 e. The minimum Gasteiger partial charge on any atom is -0.478 e. The molecule has 0 bridgehead atoms. The van der Waals surface area contributed by atoms with Gasteiger partial charge in [-0.2, -0.15) is 0 Å². The molecule has 0 unspecified atom stereocenters. The summed E-state index contributed by atoms with van der Waals surface area (Å²) in [5.74, 6) is -1.18. The molecule has 7 heteroatoms. The molecule has 22 heavy (non-hydrogen) atoms. The normalized spacial score (nSPS) is 10.3. The molecule has 2 N–H and O–H groups in total. The number of carbonyl (C=O) groups excluding carboxylic acids is 1. The van der Waals surface area contributed by atoms with Gasteiger partial charge in [-0.3, -0.25) is 4.79 Å². The Kier molecular flexibility index (Phi) is 5.71. The van der Waals surface area contributed by atoms with Gasteiger partial charge in [0.25, 0.3) is 0 Å². The van der Waals surface area contributed by atoms with Crippen LogP contribution in [0.2, 0.25) is 10.0 Å². The molecule has 0 atom stereocenters. The van der Waals surface area contributed by atoms with E-state index in [9.17, 15) is 9.59 Å². The average molecular weight is 356 g/mol. The highest BCUT2D eigenvalue weighted by molar-refractivity contribution is 8.00. The predicted molar refractivity (Wildman–Crippen MR) is 89.2 cm³/mol. The van der Waals surface area contributed by atoms with Gasteiger partial charge in [0.15, 0.2) is 0 Å². The predicted octanol–water partition coefficient (Wildman–Crippen LogP) is 4.42. The monoisotopic (exact) mass is 355 g/mol. The van der Waals surface area contributed by atoms with E-state index in [1.807, 2.05) is 12.1 Å². The molecule has 2 aromatic carbocycles. The lowest BCUT2D eigenvalue weighted by atomic mass is 10.2. The summed E-state index contributed by atoms with van der Waals surface area (Å²) in [4.78, 5) is 23.7. The molecule has 0 saturated heterocycles. The van der Waals surface area contributed by atoms with Gasteiger partial charge in [-0.05, 0) is 42.5 Å². The number of thioether (sulfide) groups is 1. The van der Waals surface area contributed by atoms with E-state index in [1.165, 1.54) is 30.0 Å². The van der Waals surface area contributed by atoms with E-state index in [0.29, 0.717) is 5.02 Å². The summed E-state index contributed by atoms with van der Waals surface area (Å²) >= 11 is 13.1. The van der Waals surface area contributed by atoms with Crippen molar-refractivity contribution in [2.75, 3.05) is 11.1 Å². The van der Waals surface area contributed by atoms with Crippen LogP contribution in [0.25, 0.3) is 0 Å². The Morgan fingerprint density at radius 2 is 1.77 bits per heavy atom. The first kappa shape index (κ1) is 16.7. The summed E-state index contributed by atoms with van der Waals surface area (Å²) < 4.78 is 0. The summed E-state index contributed by atoms with van der Waals surface area (Å²) in [7, 11) is 0. The van der Waals surface area contributed by atoms with Gasteiger partial charge in [-0.1, -0.05) is 23.2 Å². The first-order chi connectivity index (χ1) is 10.5. The molecule has 0 fully saturated rings. The van der Waals surface area contributed by atoms with Gasteiger partial charge in [0.05, 0.1) is 22.0 Å². The van der Waals surface area contributed by atoms with Crippen LogP contribution in [0.15, 0.2) is 47.4 Å². The molecule has 4 nitrogen and oxygen atoms in total. The van der Waals surface area contributed by atoms with E-state index in [1.54, 1.807) is 12.1 Å². The van der Waals surface area contributed by atoms with Gasteiger partial charge >= 0.3 is 5.97 Å². The lowest BCUT2D eigenvalue weighted by Crippen LogP contribution is -2.14. The average Bonchev–Trinajstić information content (AvgIpc) is 2.48. The summed E-state index contributed by atoms with van der Waals surface area (Å²) in [5.41, 5.74) is 0.341. The quantitative estimate of drug-likeness (QED) is 0.779. The fourth-order valence-corrected chi connectivity index (χ4v) is 2.61. The van der Waals surface area contributed by atoms with Crippen LogP contribution in [0.3, 0.4) is 0 Å². The molecule has 2 aromatic rings. The number of benzene rings is 2. The van der Waals surface area contributed by atoms with Crippen molar-refractivity contribution in [1.82, 2.24) is 0 Å². The van der Waals surface area contributed by atoms with Crippen molar-refractivity contribution in [3.8, 4) is 0 Å². The Balaban J connectivity index is 1.98. The zero-order chi connectivity index (χ0) is 16.1. The molecule has 0 aliphatic rings. The van der Waals surface area contributed by atoms with Crippen molar-refractivity contribution in [2.24, 2.45) is 0 Å². The summed E-state index contributed by atoms with van der Waals surface area (Å²) in [6, 6.07) is 11.3. The highest BCUT2D eigenvalue weighted by Crippen LogP contribution is 2.24. The number of anilines is 1. The van der Waals surface area contributed by atoms with E-state index in [2.05, 4.69) is 5.32 Å². The van der Waals surface area contributed by atoms with Crippen molar-refractivity contribution >= 4 is 52.5 Å². The lowest BCUT2D eigenvalue weighted by molar-refractivity contribution is -0.113. The Hall–Kier alpha value is -1.69. The summed E-state index contributed by atoms with van der Waals surface area (Å²) in [5, 5.41) is 12.5.